The lowest BCUT2D eigenvalue weighted by Crippen LogP contribution is -2.20. The molecule has 0 saturated carbocycles. The minimum absolute atomic E-state index is 0.0359. The normalized spacial score (nSPS) is 10.5. The fourth-order valence-corrected chi connectivity index (χ4v) is 3.23. The third-order valence-corrected chi connectivity index (χ3v) is 4.98. The maximum Gasteiger partial charge on any atom is 0.262 e. The molecule has 3 nitrogen and oxygen atoms in total. The first-order valence-corrected chi connectivity index (χ1v) is 9.72. The van der Waals surface area contributed by atoms with Crippen LogP contribution in [0.15, 0.2) is 71.2 Å². The fourth-order valence-electron chi connectivity index (χ4n) is 2.70. The molecule has 4 heteroatoms. The van der Waals surface area contributed by atoms with Crippen LogP contribution in [0, 0.1) is 6.92 Å². The zero-order chi connectivity index (χ0) is 19.2. The van der Waals surface area contributed by atoms with Crippen LogP contribution in [0.1, 0.15) is 18.1 Å². The van der Waals surface area contributed by atoms with E-state index in [0.717, 1.165) is 27.7 Å². The van der Waals surface area contributed by atoms with Gasteiger partial charge in [-0.2, -0.15) is 0 Å². The van der Waals surface area contributed by atoms with Gasteiger partial charge in [0.05, 0.1) is 5.69 Å². The summed E-state index contributed by atoms with van der Waals surface area (Å²) in [6.45, 7) is 4.13. The van der Waals surface area contributed by atoms with Crippen molar-refractivity contribution in [3.05, 3.63) is 82.3 Å². The van der Waals surface area contributed by atoms with Crippen LogP contribution in [-0.4, -0.2) is 12.5 Å². The van der Waals surface area contributed by atoms with Crippen molar-refractivity contribution < 1.29 is 9.53 Å². The summed E-state index contributed by atoms with van der Waals surface area (Å²) in [5.41, 5.74) is 5.47. The summed E-state index contributed by atoms with van der Waals surface area (Å²) in [5.74, 6) is 0.476. The van der Waals surface area contributed by atoms with Crippen LogP contribution < -0.4 is 10.1 Å². The van der Waals surface area contributed by atoms with Crippen molar-refractivity contribution in [3.63, 3.8) is 0 Å². The first-order valence-electron chi connectivity index (χ1n) is 8.93. The van der Waals surface area contributed by atoms with Crippen LogP contribution in [0.2, 0.25) is 0 Å². The number of amides is 1. The summed E-state index contributed by atoms with van der Waals surface area (Å²) in [6, 6.07) is 22.1. The average Bonchev–Trinajstić information content (AvgIpc) is 2.69. The number of nitrogens with one attached hydrogen (secondary N) is 1. The van der Waals surface area contributed by atoms with E-state index >= 15 is 0 Å². The lowest BCUT2D eigenvalue weighted by atomic mass is 10.0. The van der Waals surface area contributed by atoms with E-state index < -0.39 is 0 Å². The molecule has 0 spiro atoms. The number of rotatable bonds is 6. The number of benzene rings is 3. The molecule has 0 aliphatic rings. The molecule has 0 aliphatic heterocycles. The molecule has 0 fully saturated rings. The molecule has 0 aromatic heterocycles. The molecule has 0 saturated heterocycles. The van der Waals surface area contributed by atoms with Gasteiger partial charge in [0.25, 0.3) is 5.91 Å². The molecule has 138 valence electrons. The quantitative estimate of drug-likeness (QED) is 0.527. The lowest BCUT2D eigenvalue weighted by Gasteiger charge is -2.10. The molecule has 3 aromatic rings. The van der Waals surface area contributed by atoms with Gasteiger partial charge >= 0.3 is 0 Å². The highest BCUT2D eigenvalue weighted by atomic mass is 79.9. The fraction of sp³-hybridized carbons (Fsp3) is 0.174. The molecule has 27 heavy (non-hydrogen) atoms. The Morgan fingerprint density at radius 1 is 0.963 bits per heavy atom. The van der Waals surface area contributed by atoms with Gasteiger partial charge in [-0.25, -0.2) is 0 Å². The highest BCUT2D eigenvalue weighted by Gasteiger charge is 2.07. The third-order valence-electron chi connectivity index (χ3n) is 4.32. The Kier molecular flexibility index (Phi) is 6.30. The Labute approximate surface area is 168 Å². The Bertz CT molecular complexity index is 918. The van der Waals surface area contributed by atoms with Crippen LogP contribution in [0.5, 0.6) is 5.75 Å². The zero-order valence-electron chi connectivity index (χ0n) is 15.5. The number of ether oxygens (including phenoxy) is 1. The predicted octanol–water partition coefficient (Wildman–Crippen LogP) is 6.00. The predicted molar refractivity (Wildman–Crippen MR) is 114 cm³/mol. The number of aryl methyl sites for hydroxylation is 2. The van der Waals surface area contributed by atoms with Gasteiger partial charge in [-0.3, -0.25) is 4.79 Å². The van der Waals surface area contributed by atoms with Gasteiger partial charge in [0.1, 0.15) is 5.75 Å². The minimum atomic E-state index is -0.192. The highest BCUT2D eigenvalue weighted by molar-refractivity contribution is 9.10. The molecule has 0 unspecified atom stereocenters. The van der Waals surface area contributed by atoms with Crippen molar-refractivity contribution in [3.8, 4) is 16.9 Å². The van der Waals surface area contributed by atoms with E-state index in [4.69, 9.17) is 4.74 Å². The van der Waals surface area contributed by atoms with E-state index in [9.17, 15) is 4.79 Å². The first-order chi connectivity index (χ1) is 13.0. The zero-order valence-corrected chi connectivity index (χ0v) is 17.0. The molecule has 1 N–H and O–H groups in total. The second-order valence-electron chi connectivity index (χ2n) is 6.40. The van der Waals surface area contributed by atoms with Crippen LogP contribution in [0.25, 0.3) is 11.1 Å². The van der Waals surface area contributed by atoms with Crippen molar-refractivity contribution >= 4 is 27.5 Å². The SMILES string of the molecule is CCc1ccc(NC(=O)COc2ccc(-c3ccc(C)cc3)cc2)c(Br)c1. The van der Waals surface area contributed by atoms with E-state index in [0.29, 0.717) is 5.75 Å². The smallest absolute Gasteiger partial charge is 0.262 e. The molecule has 3 aromatic carbocycles. The number of hydrogen-bond acceptors (Lipinski definition) is 2. The molecular weight excluding hydrogens is 402 g/mol. The number of carbonyl (C=O) groups is 1. The maximum atomic E-state index is 12.2. The van der Waals surface area contributed by atoms with Gasteiger partial charge < -0.3 is 10.1 Å². The molecule has 0 radical (unpaired) electrons. The summed E-state index contributed by atoms with van der Waals surface area (Å²) in [7, 11) is 0. The second kappa shape index (κ2) is 8.87. The molecular formula is C23H22BrNO2. The highest BCUT2D eigenvalue weighted by Crippen LogP contribution is 2.25. The van der Waals surface area contributed by atoms with E-state index in [2.05, 4.69) is 59.4 Å². The molecule has 3 rings (SSSR count). The van der Waals surface area contributed by atoms with E-state index in [1.807, 2.05) is 42.5 Å². The molecule has 0 atom stereocenters. The molecule has 0 heterocycles. The van der Waals surface area contributed by atoms with Gasteiger partial charge in [0.2, 0.25) is 0 Å². The van der Waals surface area contributed by atoms with Crippen LogP contribution in [-0.2, 0) is 11.2 Å². The number of hydrogen-bond donors (Lipinski definition) is 1. The Hall–Kier alpha value is -2.59. The first kappa shape index (κ1) is 19.2. The van der Waals surface area contributed by atoms with Crippen molar-refractivity contribution in [2.75, 3.05) is 11.9 Å². The van der Waals surface area contributed by atoms with Crippen molar-refractivity contribution in [2.45, 2.75) is 20.3 Å². The van der Waals surface area contributed by atoms with Crippen molar-refractivity contribution in [1.82, 2.24) is 0 Å². The Balaban J connectivity index is 1.56. The Morgan fingerprint density at radius 2 is 1.59 bits per heavy atom. The van der Waals surface area contributed by atoms with Gasteiger partial charge in [-0.1, -0.05) is 55.0 Å². The average molecular weight is 424 g/mol. The standard InChI is InChI=1S/C23H22BrNO2/c1-3-17-6-13-22(21(24)14-17)25-23(26)15-27-20-11-9-19(10-12-20)18-7-4-16(2)5-8-18/h4-14H,3,15H2,1-2H3,(H,25,26). The number of halogens is 1. The van der Waals surface area contributed by atoms with Gasteiger partial charge in [-0.15, -0.1) is 0 Å². The summed E-state index contributed by atoms with van der Waals surface area (Å²) >= 11 is 3.49. The largest absolute Gasteiger partial charge is 0.484 e. The maximum absolute atomic E-state index is 12.2. The minimum Gasteiger partial charge on any atom is -0.484 e. The van der Waals surface area contributed by atoms with Gasteiger partial charge in [0, 0.05) is 4.47 Å². The van der Waals surface area contributed by atoms with Crippen LogP contribution in [0.4, 0.5) is 5.69 Å². The monoisotopic (exact) mass is 423 g/mol. The van der Waals surface area contributed by atoms with E-state index in [1.165, 1.54) is 11.1 Å². The van der Waals surface area contributed by atoms with E-state index in [-0.39, 0.29) is 12.5 Å². The summed E-state index contributed by atoms with van der Waals surface area (Å²) < 4.78 is 6.48. The van der Waals surface area contributed by atoms with Gasteiger partial charge in [-0.05, 0) is 70.2 Å². The number of anilines is 1. The van der Waals surface area contributed by atoms with E-state index in [1.54, 1.807) is 0 Å². The van der Waals surface area contributed by atoms with Crippen LogP contribution >= 0.6 is 15.9 Å². The third kappa shape index (κ3) is 5.20. The molecule has 0 bridgehead atoms. The van der Waals surface area contributed by atoms with Crippen LogP contribution in [0.3, 0.4) is 0 Å². The summed E-state index contributed by atoms with van der Waals surface area (Å²) in [5, 5.41) is 2.86. The lowest BCUT2D eigenvalue weighted by molar-refractivity contribution is -0.118. The summed E-state index contributed by atoms with van der Waals surface area (Å²) in [6.07, 6.45) is 0.953. The van der Waals surface area contributed by atoms with Crippen molar-refractivity contribution in [1.29, 1.82) is 0 Å². The Morgan fingerprint density at radius 3 is 2.19 bits per heavy atom. The van der Waals surface area contributed by atoms with Gasteiger partial charge in [0.15, 0.2) is 6.61 Å². The molecule has 0 aliphatic carbocycles. The topological polar surface area (TPSA) is 38.3 Å². The number of carbonyl (C=O) groups excluding carboxylic acids is 1. The molecule has 1 amide bonds. The van der Waals surface area contributed by atoms with Crippen molar-refractivity contribution in [2.24, 2.45) is 0 Å². The summed E-state index contributed by atoms with van der Waals surface area (Å²) in [4.78, 5) is 12.2. The second-order valence-corrected chi connectivity index (χ2v) is 7.25.